The molecule has 6 heteroatoms. The van der Waals surface area contributed by atoms with Crippen LogP contribution in [-0.4, -0.2) is 26.9 Å². The predicted octanol–water partition coefficient (Wildman–Crippen LogP) is 3.85. The van der Waals surface area contributed by atoms with Crippen LogP contribution >= 0.6 is 23.4 Å². The summed E-state index contributed by atoms with van der Waals surface area (Å²) in [5.41, 5.74) is 0.789. The quantitative estimate of drug-likeness (QED) is 0.797. The molecule has 0 N–H and O–H groups in total. The molecule has 3 rings (SSSR count). The van der Waals surface area contributed by atoms with Crippen LogP contribution in [0.3, 0.4) is 0 Å². The van der Waals surface area contributed by atoms with Crippen molar-refractivity contribution in [2.75, 3.05) is 17.4 Å². The first kappa shape index (κ1) is 14.1. The Hall–Kier alpha value is -0.810. The highest BCUT2D eigenvalue weighted by atomic mass is 35.5. The van der Waals surface area contributed by atoms with Crippen LogP contribution in [0.15, 0.2) is 12.1 Å². The van der Waals surface area contributed by atoms with Gasteiger partial charge in [-0.05, 0) is 36.0 Å². The van der Waals surface area contributed by atoms with Gasteiger partial charge in [-0.2, -0.15) is 11.8 Å². The van der Waals surface area contributed by atoms with E-state index in [9.17, 15) is 8.78 Å². The van der Waals surface area contributed by atoms with E-state index < -0.39 is 11.6 Å². The van der Waals surface area contributed by atoms with E-state index in [0.29, 0.717) is 30.3 Å². The smallest absolute Gasteiger partial charge is 0.184 e. The number of benzene rings is 1. The average Bonchev–Trinajstić information content (AvgIpc) is 3.04. The van der Waals surface area contributed by atoms with Gasteiger partial charge in [-0.1, -0.05) is 0 Å². The largest absolute Gasteiger partial charge is 0.325 e. The molecule has 1 aromatic heterocycles. The van der Waals surface area contributed by atoms with Gasteiger partial charge in [0.05, 0.1) is 5.52 Å². The highest BCUT2D eigenvalue weighted by Crippen LogP contribution is 2.29. The molecule has 2 aromatic rings. The van der Waals surface area contributed by atoms with Gasteiger partial charge < -0.3 is 4.57 Å². The lowest BCUT2D eigenvalue weighted by atomic mass is 10.1. The molecule has 1 aliphatic heterocycles. The number of thioether (sulfide) groups is 1. The fourth-order valence-corrected chi connectivity index (χ4v) is 4.10. The molecule has 1 fully saturated rings. The molecule has 0 amide bonds. The fraction of sp³-hybridized carbons (Fsp3) is 0.500. The van der Waals surface area contributed by atoms with Crippen LogP contribution < -0.4 is 0 Å². The van der Waals surface area contributed by atoms with Crippen molar-refractivity contribution < 1.29 is 8.78 Å². The van der Waals surface area contributed by atoms with Crippen LogP contribution in [0.2, 0.25) is 0 Å². The van der Waals surface area contributed by atoms with Gasteiger partial charge in [-0.3, -0.25) is 0 Å². The number of rotatable bonds is 4. The summed E-state index contributed by atoms with van der Waals surface area (Å²) < 4.78 is 29.4. The average molecular weight is 317 g/mol. The molecule has 2 heterocycles. The number of aromatic nitrogens is 2. The van der Waals surface area contributed by atoms with Crippen molar-refractivity contribution in [3.05, 3.63) is 29.6 Å². The maximum Gasteiger partial charge on any atom is 0.184 e. The molecule has 0 saturated carbocycles. The van der Waals surface area contributed by atoms with E-state index in [1.54, 1.807) is 0 Å². The number of imidazole rings is 1. The third-order valence-electron chi connectivity index (χ3n) is 3.66. The summed E-state index contributed by atoms with van der Waals surface area (Å²) in [7, 11) is 0. The van der Waals surface area contributed by atoms with Crippen LogP contribution in [0, 0.1) is 17.6 Å². The molecule has 20 heavy (non-hydrogen) atoms. The SMILES string of the molecule is Fc1ccc2nc(CCCl)n(CC3CCSC3)c2c1F. The molecule has 1 aromatic carbocycles. The van der Waals surface area contributed by atoms with Crippen molar-refractivity contribution in [3.8, 4) is 0 Å². The summed E-state index contributed by atoms with van der Waals surface area (Å²) in [4.78, 5) is 4.41. The van der Waals surface area contributed by atoms with Crippen LogP contribution in [0.1, 0.15) is 12.2 Å². The van der Waals surface area contributed by atoms with Gasteiger partial charge >= 0.3 is 0 Å². The summed E-state index contributed by atoms with van der Waals surface area (Å²) in [6, 6.07) is 2.66. The summed E-state index contributed by atoms with van der Waals surface area (Å²) in [5.74, 6) is 2.24. The second-order valence-electron chi connectivity index (χ2n) is 5.04. The number of aryl methyl sites for hydroxylation is 1. The molecule has 1 atom stereocenters. The first-order valence-corrected chi connectivity index (χ1v) is 8.36. The van der Waals surface area contributed by atoms with Crippen molar-refractivity contribution in [2.24, 2.45) is 5.92 Å². The zero-order chi connectivity index (χ0) is 14.1. The minimum Gasteiger partial charge on any atom is -0.325 e. The van der Waals surface area contributed by atoms with Crippen molar-refractivity contribution in [2.45, 2.75) is 19.4 Å². The van der Waals surface area contributed by atoms with Gasteiger partial charge in [0.15, 0.2) is 11.6 Å². The number of fused-ring (bicyclic) bond motifs is 1. The van der Waals surface area contributed by atoms with Crippen LogP contribution in [0.25, 0.3) is 11.0 Å². The van der Waals surface area contributed by atoms with Crippen LogP contribution in [0.5, 0.6) is 0 Å². The summed E-state index contributed by atoms with van der Waals surface area (Å²) in [6.07, 6.45) is 1.68. The second kappa shape index (κ2) is 5.90. The standard InChI is InChI=1S/C14H15ClF2N2S/c15-5-3-12-18-11-2-1-10(16)13(17)14(11)19(12)7-9-4-6-20-8-9/h1-2,9H,3-8H2. The highest BCUT2D eigenvalue weighted by molar-refractivity contribution is 7.99. The second-order valence-corrected chi connectivity index (χ2v) is 6.56. The number of nitrogens with zero attached hydrogens (tertiary/aromatic N) is 2. The third-order valence-corrected chi connectivity index (χ3v) is 5.08. The van der Waals surface area contributed by atoms with Crippen molar-refractivity contribution in [1.82, 2.24) is 9.55 Å². The Morgan fingerprint density at radius 3 is 2.95 bits per heavy atom. The van der Waals surface area contributed by atoms with E-state index in [-0.39, 0.29) is 5.52 Å². The molecule has 108 valence electrons. The Morgan fingerprint density at radius 1 is 1.40 bits per heavy atom. The molecule has 0 radical (unpaired) electrons. The van der Waals surface area contributed by atoms with Crippen molar-refractivity contribution >= 4 is 34.4 Å². The monoisotopic (exact) mass is 316 g/mol. The summed E-state index contributed by atoms with van der Waals surface area (Å²) in [5, 5.41) is 0. The topological polar surface area (TPSA) is 17.8 Å². The first-order valence-electron chi connectivity index (χ1n) is 6.67. The van der Waals surface area contributed by atoms with Gasteiger partial charge in [-0.25, -0.2) is 13.8 Å². The van der Waals surface area contributed by atoms with Crippen molar-refractivity contribution in [3.63, 3.8) is 0 Å². The number of alkyl halides is 1. The van der Waals surface area contributed by atoms with E-state index in [1.807, 2.05) is 16.3 Å². The third kappa shape index (κ3) is 2.53. The molecule has 1 saturated heterocycles. The summed E-state index contributed by atoms with van der Waals surface area (Å²) in [6.45, 7) is 0.691. The normalized spacial score (nSPS) is 19.1. The maximum absolute atomic E-state index is 14.1. The lowest BCUT2D eigenvalue weighted by molar-refractivity contribution is 0.475. The van der Waals surface area contributed by atoms with Crippen molar-refractivity contribution in [1.29, 1.82) is 0 Å². The number of hydrogen-bond donors (Lipinski definition) is 0. The van der Waals surface area contributed by atoms with E-state index >= 15 is 0 Å². The van der Waals surface area contributed by atoms with Crippen LogP contribution in [0.4, 0.5) is 8.78 Å². The molecule has 2 nitrogen and oxygen atoms in total. The zero-order valence-corrected chi connectivity index (χ0v) is 12.5. The molecule has 0 spiro atoms. The van der Waals surface area contributed by atoms with E-state index in [2.05, 4.69) is 4.98 Å². The lowest BCUT2D eigenvalue weighted by Crippen LogP contribution is -2.14. The minimum atomic E-state index is -0.822. The van der Waals surface area contributed by atoms with E-state index in [1.165, 1.54) is 6.07 Å². The number of hydrogen-bond acceptors (Lipinski definition) is 2. The number of halogens is 3. The Bertz CT molecular complexity index is 623. The van der Waals surface area contributed by atoms with E-state index in [0.717, 1.165) is 29.8 Å². The molecule has 1 aliphatic rings. The Balaban J connectivity index is 2.08. The molecular weight excluding hydrogens is 302 g/mol. The molecule has 0 aliphatic carbocycles. The molecular formula is C14H15ClF2N2S. The zero-order valence-electron chi connectivity index (χ0n) is 10.9. The molecule has 1 unspecified atom stereocenters. The van der Waals surface area contributed by atoms with Gasteiger partial charge in [-0.15, -0.1) is 11.6 Å². The van der Waals surface area contributed by atoms with Gasteiger partial charge in [0.1, 0.15) is 11.3 Å². The van der Waals surface area contributed by atoms with Gasteiger partial charge in [0.2, 0.25) is 0 Å². The first-order chi connectivity index (χ1) is 9.70. The maximum atomic E-state index is 14.1. The Kier molecular flexibility index (Phi) is 4.17. The van der Waals surface area contributed by atoms with E-state index in [4.69, 9.17) is 11.6 Å². The predicted molar refractivity (Wildman–Crippen MR) is 79.5 cm³/mol. The summed E-state index contributed by atoms with van der Waals surface area (Å²) >= 11 is 7.71. The minimum absolute atomic E-state index is 0.280. The van der Waals surface area contributed by atoms with Gasteiger partial charge in [0.25, 0.3) is 0 Å². The van der Waals surface area contributed by atoms with Gasteiger partial charge in [0, 0.05) is 18.8 Å². The molecule has 0 bridgehead atoms. The Labute approximate surface area is 125 Å². The lowest BCUT2D eigenvalue weighted by Gasteiger charge is -2.13. The Morgan fingerprint density at radius 2 is 2.25 bits per heavy atom. The highest BCUT2D eigenvalue weighted by Gasteiger charge is 2.22. The van der Waals surface area contributed by atoms with Crippen LogP contribution in [-0.2, 0) is 13.0 Å². The fourth-order valence-electron chi connectivity index (χ4n) is 2.66.